The second-order valence-corrected chi connectivity index (χ2v) is 30.4. The molecule has 1 N–H and O–H groups in total. The molecule has 0 aliphatic rings. The molecule has 6 aromatic carbocycles. The summed E-state index contributed by atoms with van der Waals surface area (Å²) in [7, 11) is 4.01. The number of aromatic nitrogens is 2. The molecule has 1 atom stereocenters. The zero-order valence-electron chi connectivity index (χ0n) is 52.7. The average Bonchev–Trinajstić information content (AvgIpc) is 1.77. The number of ketones is 4. The van der Waals surface area contributed by atoms with E-state index in [0.29, 0.717) is 57.7 Å². The number of hydrogen-bond donors (Lipinski definition) is 1. The third-order valence-corrected chi connectivity index (χ3v) is 21.6. The van der Waals surface area contributed by atoms with Crippen LogP contribution in [0.25, 0.3) is 22.5 Å². The largest absolute Gasteiger partial charge is 0.481 e. The molecule has 95 heavy (non-hydrogen) atoms. The van der Waals surface area contributed by atoms with Gasteiger partial charge >= 0.3 is 23.9 Å². The normalized spacial score (nSPS) is 10.5. The second kappa shape index (κ2) is 44.3. The molecule has 28 heteroatoms. The van der Waals surface area contributed by atoms with Crippen LogP contribution in [0, 0.1) is 41.5 Å². The van der Waals surface area contributed by atoms with E-state index >= 15 is 0 Å². The summed E-state index contributed by atoms with van der Waals surface area (Å²) in [5.74, 6) is -1.20. The number of rotatable bonds is 21. The molecule has 0 amide bonds. The van der Waals surface area contributed by atoms with E-state index < -0.39 is 10.1 Å². The number of methoxy groups -OCH3 is 3. The number of Topliss-reactive ketones (excluding diaryl/α,β-unsaturated/α-hetero) is 4. The smallest absolute Gasteiger partial charge is 0.316 e. The van der Waals surface area contributed by atoms with Crippen molar-refractivity contribution in [1.29, 1.82) is 0 Å². The number of aliphatic carboxylic acids is 1. The average molecular weight is 1650 g/mol. The number of carbonyl (C=O) groups is 8. The van der Waals surface area contributed by atoms with Gasteiger partial charge in [-0.3, -0.25) is 38.4 Å². The Kier molecular flexibility index (Phi) is 39.4. The third kappa shape index (κ3) is 30.1. The Morgan fingerprint density at radius 2 is 0.821 bits per heavy atom. The van der Waals surface area contributed by atoms with E-state index in [0.717, 1.165) is 76.1 Å². The summed E-state index contributed by atoms with van der Waals surface area (Å²) in [5.41, 5.74) is 15.2. The second-order valence-electron chi connectivity index (χ2n) is 19.6. The Morgan fingerprint density at radius 3 is 1.19 bits per heavy atom. The summed E-state index contributed by atoms with van der Waals surface area (Å²) in [6, 6.07) is 33.0. The van der Waals surface area contributed by atoms with Crippen molar-refractivity contribution in [3.63, 3.8) is 0 Å². The molecule has 8 aromatic rings. The van der Waals surface area contributed by atoms with Crippen LogP contribution in [-0.2, 0) is 33.4 Å². The van der Waals surface area contributed by atoms with E-state index in [1.54, 1.807) is 59.6 Å². The number of carbonyl (C=O) groups excluding carboxylic acids is 7. The lowest BCUT2D eigenvalue weighted by Gasteiger charge is -2.09. The fourth-order valence-electron chi connectivity index (χ4n) is 7.22. The van der Waals surface area contributed by atoms with Gasteiger partial charge in [0.1, 0.15) is 4.16 Å². The predicted octanol–water partition coefficient (Wildman–Crippen LogP) is 20.3. The van der Waals surface area contributed by atoms with Crippen LogP contribution in [-0.4, -0.2) is 122 Å². The van der Waals surface area contributed by atoms with Crippen LogP contribution < -0.4 is 0 Å². The Hall–Kier alpha value is -4.76. The maximum Gasteiger partial charge on any atom is 0.316 e. The van der Waals surface area contributed by atoms with Crippen LogP contribution in [0.2, 0.25) is 30.1 Å². The first-order valence-electron chi connectivity index (χ1n) is 27.6. The molecule has 8 rings (SSSR count). The minimum atomic E-state index is -0.839. The molecular weight excluding hydrogens is 1590 g/mol. The van der Waals surface area contributed by atoms with Crippen LogP contribution in [0.15, 0.2) is 129 Å². The molecule has 0 radical (unpaired) electrons. The van der Waals surface area contributed by atoms with Gasteiger partial charge in [0.05, 0.1) is 116 Å². The van der Waals surface area contributed by atoms with Gasteiger partial charge in [0.2, 0.25) is 0 Å². The molecule has 0 bridgehead atoms. The zero-order chi connectivity index (χ0) is 71.1. The van der Waals surface area contributed by atoms with Gasteiger partial charge in [-0.25, -0.2) is 9.97 Å². The maximum absolute atomic E-state index is 12.1. The highest BCUT2D eigenvalue weighted by Crippen LogP contribution is 2.39. The molecular formula is C67H64Br2Cl6N2O12S6. The van der Waals surface area contributed by atoms with Crippen molar-refractivity contribution in [2.45, 2.75) is 61.0 Å². The number of aryl methyl sites for hydroxylation is 6. The monoisotopic (exact) mass is 1650 g/mol. The highest BCUT2D eigenvalue weighted by atomic mass is 79.9. The van der Waals surface area contributed by atoms with Crippen molar-refractivity contribution >= 4 is 218 Å². The summed E-state index contributed by atoms with van der Waals surface area (Å²) < 4.78 is 14.9. The predicted molar refractivity (Wildman–Crippen MR) is 404 cm³/mol. The minimum absolute atomic E-state index is 0.00926. The molecule has 0 spiro atoms. The number of ether oxygens (including phenoxy) is 3. The number of carboxylic acids is 1. The highest BCUT2D eigenvalue weighted by Gasteiger charge is 2.22. The van der Waals surface area contributed by atoms with E-state index in [9.17, 15) is 38.4 Å². The fraction of sp³-hybridized carbons (Fsp3) is 0.254. The van der Waals surface area contributed by atoms with Gasteiger partial charge in [0.25, 0.3) is 0 Å². The van der Waals surface area contributed by atoms with Gasteiger partial charge < -0.3 is 19.3 Å². The lowest BCUT2D eigenvalue weighted by Crippen LogP contribution is -2.14. The lowest BCUT2D eigenvalue weighted by atomic mass is 10.1. The molecule has 0 fully saturated rings. The number of alkyl halides is 2. The summed E-state index contributed by atoms with van der Waals surface area (Å²) in [6.45, 7) is 13.2. The van der Waals surface area contributed by atoms with Crippen LogP contribution in [0.3, 0.4) is 0 Å². The molecule has 0 saturated carbocycles. The number of carboxylic acid groups (broad SMARTS) is 1. The standard InChI is InChI=1S/C13H12ClNO2S2.C12H12BrClO3S.C12H10ClNO2S2.C12H13ClO3S.C9H8BrClO.C9H9ClO/c1-8-3-4-9(10(14)5-8)12-13(19-7-15-12)18-6-11(16)17-2;1-7-3-4-8(9(14)5-7)11(16)12(13)18-6-10(15)17-2;1-7-2-3-8(9(13)4-7)11-12(18-6-14-11)17-5-10(15)16;1-8-3-4-9(10(13)5-8)11(14)6-17-7-12(15)16-2;1-6-2-3-7(8(11)4-6)9(12)5-10;1-6-3-4-8(7(2)11)9(10)5-6/h3-5,7H,6H2,1-2H3;3-5,12H,6H2,1-2H3;2-4,6H,5H2,1H3,(H,15,16);3-5H,6-7H2,1-2H3;2-4H,5H2,1H3;3-5H,1-2H3. The molecule has 14 nitrogen and oxygen atoms in total. The van der Waals surface area contributed by atoms with Gasteiger partial charge in [-0.1, -0.05) is 150 Å². The summed E-state index contributed by atoms with van der Waals surface area (Å²) in [6.07, 6.45) is 0. The molecule has 2 aromatic heterocycles. The number of thiazole rings is 2. The summed E-state index contributed by atoms with van der Waals surface area (Å²) >= 11 is 50.4. The number of halogens is 8. The number of nitrogens with zero attached hydrogens (tertiary/aromatic N) is 2. The Bertz CT molecular complexity index is 3970. The Balaban J connectivity index is 0.000000300. The van der Waals surface area contributed by atoms with Crippen LogP contribution >= 0.6 is 171 Å². The summed E-state index contributed by atoms with van der Waals surface area (Å²) in [5, 5.41) is 12.3. The van der Waals surface area contributed by atoms with Gasteiger partial charge in [-0.15, -0.1) is 69.7 Å². The number of esters is 3. The van der Waals surface area contributed by atoms with Crippen LogP contribution in [0.1, 0.15) is 81.7 Å². The minimum Gasteiger partial charge on any atom is -0.481 e. The molecule has 0 aliphatic heterocycles. The van der Waals surface area contributed by atoms with Gasteiger partial charge in [-0.05, 0) is 143 Å². The van der Waals surface area contributed by atoms with E-state index in [1.165, 1.54) is 86.2 Å². The van der Waals surface area contributed by atoms with Crippen molar-refractivity contribution in [1.82, 2.24) is 9.97 Å². The first kappa shape index (κ1) is 84.5. The van der Waals surface area contributed by atoms with Crippen molar-refractivity contribution in [2.24, 2.45) is 0 Å². The quantitative estimate of drug-likeness (QED) is 0.0233. The Labute approximate surface area is 624 Å². The molecule has 0 saturated heterocycles. The molecule has 506 valence electrons. The van der Waals surface area contributed by atoms with Gasteiger partial charge in [0.15, 0.2) is 23.1 Å². The Morgan fingerprint density at radius 1 is 0.474 bits per heavy atom. The van der Waals surface area contributed by atoms with Crippen molar-refractivity contribution < 1.29 is 57.7 Å². The summed E-state index contributed by atoms with van der Waals surface area (Å²) in [4.78, 5) is 98.2. The zero-order valence-corrected chi connectivity index (χ0v) is 65.3. The van der Waals surface area contributed by atoms with Crippen molar-refractivity contribution in [3.8, 4) is 22.5 Å². The first-order chi connectivity index (χ1) is 44.9. The van der Waals surface area contributed by atoms with E-state index in [4.69, 9.17) is 74.7 Å². The topological polar surface area (TPSA) is 210 Å². The van der Waals surface area contributed by atoms with E-state index in [1.807, 2.05) is 102 Å². The maximum atomic E-state index is 12.1. The third-order valence-electron chi connectivity index (χ3n) is 12.0. The van der Waals surface area contributed by atoms with Crippen LogP contribution in [0.5, 0.6) is 0 Å². The molecule has 1 unspecified atom stereocenters. The van der Waals surface area contributed by atoms with Crippen molar-refractivity contribution in [2.75, 3.05) is 55.4 Å². The van der Waals surface area contributed by atoms with E-state index in [-0.39, 0.29) is 69.8 Å². The lowest BCUT2D eigenvalue weighted by molar-refractivity contribution is -0.138. The SMILES string of the molecule is CC(=O)c1ccc(C)cc1Cl.COC(=O)CSC(Br)C(=O)c1ccc(C)cc1Cl.COC(=O)CSCC(=O)c1ccc(C)cc1Cl.COC(=O)CSc1scnc1-c1ccc(C)cc1Cl.Cc1ccc(-c2ncsc2SCC(=O)O)c(Cl)c1.Cc1ccc(C(=O)CBr)c(Cl)c1. The van der Waals surface area contributed by atoms with E-state index in [2.05, 4.69) is 56.0 Å². The fourth-order valence-corrected chi connectivity index (χ4v) is 15.0. The number of hydrogen-bond acceptors (Lipinski definition) is 19. The molecule has 0 aliphatic carbocycles. The van der Waals surface area contributed by atoms with Crippen molar-refractivity contribution in [3.05, 3.63) is 206 Å². The highest BCUT2D eigenvalue weighted by molar-refractivity contribution is 9.11. The first-order valence-corrected chi connectivity index (χ1v) is 37.8. The van der Waals surface area contributed by atoms with Gasteiger partial charge in [-0.2, -0.15) is 0 Å². The number of thioether (sulfide) groups is 4. The van der Waals surface area contributed by atoms with Crippen LogP contribution in [0.4, 0.5) is 0 Å². The number of benzene rings is 6. The van der Waals surface area contributed by atoms with Gasteiger partial charge in [0, 0.05) is 33.4 Å². The molecule has 2 heterocycles.